The molecule has 1 unspecified atom stereocenters. The van der Waals surface area contributed by atoms with E-state index in [9.17, 15) is 4.79 Å². The summed E-state index contributed by atoms with van der Waals surface area (Å²) in [5, 5.41) is 9.92. The summed E-state index contributed by atoms with van der Waals surface area (Å²) < 4.78 is 7.40. The Kier molecular flexibility index (Phi) is 5.43. The quantitative estimate of drug-likeness (QED) is 0.851. The zero-order chi connectivity index (χ0) is 16.8. The Balaban J connectivity index is 1.41. The Hall–Kier alpha value is -2.41. The van der Waals surface area contributed by atoms with E-state index in [1.54, 1.807) is 12.4 Å². The highest BCUT2D eigenvalue weighted by Gasteiger charge is 2.16. The van der Waals surface area contributed by atoms with Crippen molar-refractivity contribution in [3.05, 3.63) is 42.0 Å². The maximum Gasteiger partial charge on any atom is 0.319 e. The second kappa shape index (κ2) is 7.92. The van der Waals surface area contributed by atoms with Crippen LogP contribution in [0.3, 0.4) is 0 Å². The topological polar surface area (TPSA) is 81.1 Å². The van der Waals surface area contributed by atoms with Crippen molar-refractivity contribution in [2.24, 2.45) is 0 Å². The number of hydrogen-bond donors (Lipinski definition) is 2. The third-order valence-corrected chi connectivity index (χ3v) is 4.12. The third kappa shape index (κ3) is 4.55. The summed E-state index contributed by atoms with van der Waals surface area (Å²) in [4.78, 5) is 16.0. The van der Waals surface area contributed by atoms with Gasteiger partial charge in [-0.3, -0.25) is 9.67 Å². The molecule has 24 heavy (non-hydrogen) atoms. The molecule has 1 fully saturated rings. The number of nitrogens with one attached hydrogen (secondary N) is 2. The second-order valence-electron chi connectivity index (χ2n) is 6.02. The Morgan fingerprint density at radius 2 is 2.38 bits per heavy atom. The standard InChI is InChI=1S/C17H23N5O2/c1-13-9-18-6-4-14(13)5-7-19-17(23)21-15-10-20-22(11-15)12-16-3-2-8-24-16/h4,6,9-11,16H,2-3,5,7-8,12H2,1H3,(H2,19,21,23). The molecule has 2 aromatic heterocycles. The van der Waals surface area contributed by atoms with Crippen molar-refractivity contribution in [2.75, 3.05) is 18.5 Å². The molecule has 1 aliphatic heterocycles. The van der Waals surface area contributed by atoms with Crippen molar-refractivity contribution in [2.45, 2.75) is 38.8 Å². The Bertz CT molecular complexity index is 679. The van der Waals surface area contributed by atoms with Gasteiger partial charge in [0.15, 0.2) is 0 Å². The zero-order valence-corrected chi connectivity index (χ0v) is 13.9. The number of ether oxygens (including phenoxy) is 1. The third-order valence-electron chi connectivity index (χ3n) is 4.12. The van der Waals surface area contributed by atoms with Crippen LogP contribution < -0.4 is 10.6 Å². The maximum absolute atomic E-state index is 11.9. The number of aryl methyl sites for hydroxylation is 1. The Morgan fingerprint density at radius 3 is 3.17 bits per heavy atom. The summed E-state index contributed by atoms with van der Waals surface area (Å²) >= 11 is 0. The fourth-order valence-corrected chi connectivity index (χ4v) is 2.79. The van der Waals surface area contributed by atoms with Crippen LogP contribution in [0.25, 0.3) is 0 Å². The monoisotopic (exact) mass is 329 g/mol. The number of carbonyl (C=O) groups excluding carboxylic acids is 1. The number of carbonyl (C=O) groups is 1. The first-order valence-electron chi connectivity index (χ1n) is 8.29. The molecular weight excluding hydrogens is 306 g/mol. The lowest BCUT2D eigenvalue weighted by Crippen LogP contribution is -2.30. The number of pyridine rings is 1. The molecule has 2 amide bonds. The zero-order valence-electron chi connectivity index (χ0n) is 13.9. The average Bonchev–Trinajstić information content (AvgIpc) is 3.22. The summed E-state index contributed by atoms with van der Waals surface area (Å²) in [7, 11) is 0. The van der Waals surface area contributed by atoms with E-state index in [0.29, 0.717) is 12.2 Å². The summed E-state index contributed by atoms with van der Waals surface area (Å²) in [5.41, 5.74) is 3.01. The van der Waals surface area contributed by atoms with Crippen molar-refractivity contribution in [1.82, 2.24) is 20.1 Å². The van der Waals surface area contributed by atoms with Crippen molar-refractivity contribution >= 4 is 11.7 Å². The van der Waals surface area contributed by atoms with Gasteiger partial charge in [-0.25, -0.2) is 4.79 Å². The van der Waals surface area contributed by atoms with Crippen LogP contribution in [0.2, 0.25) is 0 Å². The molecule has 3 rings (SSSR count). The van der Waals surface area contributed by atoms with Gasteiger partial charge in [0.25, 0.3) is 0 Å². The van der Waals surface area contributed by atoms with E-state index in [0.717, 1.165) is 38.0 Å². The smallest absolute Gasteiger partial charge is 0.319 e. The molecule has 1 atom stereocenters. The minimum absolute atomic E-state index is 0.224. The molecule has 0 aromatic carbocycles. The Morgan fingerprint density at radius 1 is 1.46 bits per heavy atom. The molecule has 1 saturated heterocycles. The number of aromatic nitrogens is 3. The summed E-state index contributed by atoms with van der Waals surface area (Å²) in [5.74, 6) is 0. The number of amides is 2. The van der Waals surface area contributed by atoms with Crippen molar-refractivity contribution < 1.29 is 9.53 Å². The van der Waals surface area contributed by atoms with Crippen LogP contribution >= 0.6 is 0 Å². The molecule has 2 aromatic rings. The van der Waals surface area contributed by atoms with Gasteiger partial charge >= 0.3 is 6.03 Å². The van der Waals surface area contributed by atoms with Crippen LogP contribution in [0, 0.1) is 6.92 Å². The molecule has 3 heterocycles. The largest absolute Gasteiger partial charge is 0.376 e. The van der Waals surface area contributed by atoms with Crippen LogP contribution in [0.5, 0.6) is 0 Å². The number of rotatable bonds is 6. The summed E-state index contributed by atoms with van der Waals surface area (Å²) in [6.45, 7) is 4.15. The van der Waals surface area contributed by atoms with Gasteiger partial charge in [-0.05, 0) is 43.4 Å². The van der Waals surface area contributed by atoms with Gasteiger partial charge in [-0.15, -0.1) is 0 Å². The molecular formula is C17H23N5O2. The summed E-state index contributed by atoms with van der Waals surface area (Å²) in [6.07, 6.45) is 10.3. The number of hydrogen-bond acceptors (Lipinski definition) is 4. The normalized spacial score (nSPS) is 17.0. The number of urea groups is 1. The first-order chi connectivity index (χ1) is 11.7. The lowest BCUT2D eigenvalue weighted by Gasteiger charge is -2.09. The fraction of sp³-hybridized carbons (Fsp3) is 0.471. The first-order valence-corrected chi connectivity index (χ1v) is 8.29. The van der Waals surface area contributed by atoms with Gasteiger partial charge in [-0.2, -0.15) is 5.10 Å². The lowest BCUT2D eigenvalue weighted by molar-refractivity contribution is 0.0940. The van der Waals surface area contributed by atoms with Crippen molar-refractivity contribution in [1.29, 1.82) is 0 Å². The van der Waals surface area contributed by atoms with Crippen molar-refractivity contribution in [3.63, 3.8) is 0 Å². The number of nitrogens with zero attached hydrogens (tertiary/aromatic N) is 3. The highest BCUT2D eigenvalue weighted by molar-refractivity contribution is 5.88. The van der Waals surface area contributed by atoms with Gasteiger partial charge in [-0.1, -0.05) is 0 Å². The Labute approximate surface area is 141 Å². The molecule has 7 heteroatoms. The first kappa shape index (κ1) is 16.4. The minimum Gasteiger partial charge on any atom is -0.376 e. The molecule has 7 nitrogen and oxygen atoms in total. The van der Waals surface area contributed by atoms with Crippen LogP contribution in [0.4, 0.5) is 10.5 Å². The average molecular weight is 329 g/mol. The van der Waals surface area contributed by atoms with E-state index in [2.05, 4.69) is 20.7 Å². The predicted molar refractivity (Wildman–Crippen MR) is 90.9 cm³/mol. The van der Waals surface area contributed by atoms with Gasteiger partial charge in [0.05, 0.1) is 24.5 Å². The van der Waals surface area contributed by atoms with Crippen molar-refractivity contribution in [3.8, 4) is 0 Å². The summed E-state index contributed by atoms with van der Waals surface area (Å²) in [6, 6.07) is 1.75. The predicted octanol–water partition coefficient (Wildman–Crippen LogP) is 2.13. The van der Waals surface area contributed by atoms with E-state index >= 15 is 0 Å². The molecule has 0 spiro atoms. The SMILES string of the molecule is Cc1cnccc1CCNC(=O)Nc1cnn(CC2CCCO2)c1. The van der Waals surface area contributed by atoms with Gasteiger partial charge in [0.2, 0.25) is 0 Å². The molecule has 0 saturated carbocycles. The van der Waals surface area contributed by atoms with Gasteiger partial charge in [0, 0.05) is 31.7 Å². The number of anilines is 1. The second-order valence-corrected chi connectivity index (χ2v) is 6.02. The van der Waals surface area contributed by atoms with Gasteiger partial charge in [0.1, 0.15) is 0 Å². The molecule has 0 aliphatic carbocycles. The molecule has 0 radical (unpaired) electrons. The maximum atomic E-state index is 11.9. The molecule has 128 valence electrons. The van der Waals surface area contributed by atoms with E-state index < -0.39 is 0 Å². The molecule has 0 bridgehead atoms. The van der Waals surface area contributed by atoms with Crippen LogP contribution in [-0.2, 0) is 17.7 Å². The highest BCUT2D eigenvalue weighted by atomic mass is 16.5. The van der Waals surface area contributed by atoms with Crippen LogP contribution in [0.15, 0.2) is 30.9 Å². The van der Waals surface area contributed by atoms with Crippen LogP contribution in [-0.4, -0.2) is 40.1 Å². The van der Waals surface area contributed by atoms with Crippen LogP contribution in [0.1, 0.15) is 24.0 Å². The van der Waals surface area contributed by atoms with E-state index in [4.69, 9.17) is 4.74 Å². The lowest BCUT2D eigenvalue weighted by atomic mass is 10.1. The molecule has 2 N–H and O–H groups in total. The molecule has 1 aliphatic rings. The van der Waals surface area contributed by atoms with E-state index in [-0.39, 0.29) is 12.1 Å². The van der Waals surface area contributed by atoms with E-state index in [1.165, 1.54) is 5.56 Å². The highest BCUT2D eigenvalue weighted by Crippen LogP contribution is 2.14. The van der Waals surface area contributed by atoms with E-state index in [1.807, 2.05) is 30.1 Å². The minimum atomic E-state index is -0.224. The van der Waals surface area contributed by atoms with Gasteiger partial charge < -0.3 is 15.4 Å². The fourth-order valence-electron chi connectivity index (χ4n) is 2.79.